The molecule has 0 saturated heterocycles. The maximum atomic E-state index is 10.9. The van der Waals surface area contributed by atoms with Gasteiger partial charge in [-0.25, -0.2) is 13.6 Å². The molecule has 5 heteroatoms. The molecular formula is C9H13NO3S. The normalized spacial score (nSPS) is 12.0. The topological polar surface area (TPSA) is 80.4 Å². The van der Waals surface area contributed by atoms with Crippen LogP contribution in [0.25, 0.3) is 0 Å². The Hall–Kier alpha value is -1.07. The van der Waals surface area contributed by atoms with E-state index in [-0.39, 0.29) is 16.6 Å². The second kappa shape index (κ2) is 3.59. The summed E-state index contributed by atoms with van der Waals surface area (Å²) in [4.78, 5) is -0.0700. The van der Waals surface area contributed by atoms with Gasteiger partial charge in [-0.05, 0) is 17.5 Å². The Morgan fingerprint density at radius 3 is 2.29 bits per heavy atom. The zero-order valence-corrected chi connectivity index (χ0v) is 8.88. The standard InChI is InChI=1S/C9H13NO3S/c1-6(2)8-4-3-7(5-9(8)11)14(10,12)13/h3-6,11H,1-2H3,(H2,10,12,13). The van der Waals surface area contributed by atoms with Crippen molar-refractivity contribution in [2.45, 2.75) is 24.7 Å². The van der Waals surface area contributed by atoms with Crippen LogP contribution in [0.1, 0.15) is 25.3 Å². The van der Waals surface area contributed by atoms with E-state index in [2.05, 4.69) is 0 Å². The van der Waals surface area contributed by atoms with Crippen LogP contribution in [0.5, 0.6) is 5.75 Å². The van der Waals surface area contributed by atoms with E-state index >= 15 is 0 Å². The maximum Gasteiger partial charge on any atom is 0.238 e. The van der Waals surface area contributed by atoms with Crippen molar-refractivity contribution in [3.05, 3.63) is 23.8 Å². The second-order valence-corrected chi connectivity index (χ2v) is 4.98. The van der Waals surface area contributed by atoms with Crippen molar-refractivity contribution in [3.63, 3.8) is 0 Å². The van der Waals surface area contributed by atoms with Gasteiger partial charge in [0.15, 0.2) is 0 Å². The fourth-order valence-electron chi connectivity index (χ4n) is 1.19. The minimum atomic E-state index is -3.73. The average molecular weight is 215 g/mol. The number of phenolic OH excluding ortho intramolecular Hbond substituents is 1. The smallest absolute Gasteiger partial charge is 0.238 e. The van der Waals surface area contributed by atoms with Crippen molar-refractivity contribution < 1.29 is 13.5 Å². The van der Waals surface area contributed by atoms with E-state index in [1.807, 2.05) is 13.8 Å². The Bertz CT molecular complexity index is 437. The molecular weight excluding hydrogens is 202 g/mol. The van der Waals surface area contributed by atoms with Crippen molar-refractivity contribution in [1.29, 1.82) is 0 Å². The second-order valence-electron chi connectivity index (χ2n) is 3.42. The van der Waals surface area contributed by atoms with Gasteiger partial charge >= 0.3 is 0 Å². The third kappa shape index (κ3) is 2.24. The van der Waals surface area contributed by atoms with Gasteiger partial charge in [0.05, 0.1) is 4.90 Å². The van der Waals surface area contributed by atoms with Gasteiger partial charge in [-0.2, -0.15) is 0 Å². The van der Waals surface area contributed by atoms with E-state index < -0.39 is 10.0 Å². The number of hydrogen-bond acceptors (Lipinski definition) is 3. The molecule has 1 rings (SSSR count). The lowest BCUT2D eigenvalue weighted by Crippen LogP contribution is -2.12. The molecule has 1 aromatic rings. The first-order valence-electron chi connectivity index (χ1n) is 4.18. The van der Waals surface area contributed by atoms with E-state index in [1.54, 1.807) is 6.07 Å². The van der Waals surface area contributed by atoms with Gasteiger partial charge in [0.1, 0.15) is 5.75 Å². The highest BCUT2D eigenvalue weighted by molar-refractivity contribution is 7.89. The lowest BCUT2D eigenvalue weighted by molar-refractivity contribution is 0.462. The molecule has 0 fully saturated rings. The maximum absolute atomic E-state index is 10.9. The summed E-state index contributed by atoms with van der Waals surface area (Å²) in [5, 5.41) is 14.4. The van der Waals surface area contributed by atoms with E-state index in [0.717, 1.165) is 0 Å². The molecule has 0 aliphatic rings. The summed E-state index contributed by atoms with van der Waals surface area (Å²) >= 11 is 0. The molecule has 0 radical (unpaired) electrons. The molecule has 0 bridgehead atoms. The number of rotatable bonds is 2. The Morgan fingerprint density at radius 1 is 1.36 bits per heavy atom. The summed E-state index contributed by atoms with van der Waals surface area (Å²) in [5.74, 6) is 0.107. The highest BCUT2D eigenvalue weighted by atomic mass is 32.2. The molecule has 0 aromatic heterocycles. The number of primary sulfonamides is 1. The summed E-state index contributed by atoms with van der Waals surface area (Å²) in [5.41, 5.74) is 0.706. The molecule has 0 aliphatic heterocycles. The van der Waals surface area contributed by atoms with Gasteiger partial charge in [0, 0.05) is 6.07 Å². The molecule has 0 heterocycles. The molecule has 14 heavy (non-hydrogen) atoms. The minimum Gasteiger partial charge on any atom is -0.508 e. The fraction of sp³-hybridized carbons (Fsp3) is 0.333. The molecule has 0 aliphatic carbocycles. The van der Waals surface area contributed by atoms with E-state index in [4.69, 9.17) is 5.14 Å². The monoisotopic (exact) mass is 215 g/mol. The fourth-order valence-corrected chi connectivity index (χ4v) is 1.72. The lowest BCUT2D eigenvalue weighted by atomic mass is 10.0. The third-order valence-electron chi connectivity index (χ3n) is 1.95. The van der Waals surface area contributed by atoms with Gasteiger partial charge in [-0.3, -0.25) is 0 Å². The van der Waals surface area contributed by atoms with Crippen LogP contribution in [0, 0.1) is 0 Å². The lowest BCUT2D eigenvalue weighted by Gasteiger charge is -2.08. The molecule has 0 saturated carbocycles. The van der Waals surface area contributed by atoms with Gasteiger partial charge in [-0.15, -0.1) is 0 Å². The number of sulfonamides is 1. The summed E-state index contributed by atoms with van der Waals surface area (Å²) < 4.78 is 21.9. The average Bonchev–Trinajstić information content (AvgIpc) is 2.01. The van der Waals surface area contributed by atoms with Crippen LogP contribution in [0.2, 0.25) is 0 Å². The van der Waals surface area contributed by atoms with Crippen molar-refractivity contribution in [3.8, 4) is 5.75 Å². The van der Waals surface area contributed by atoms with Crippen LogP contribution >= 0.6 is 0 Å². The Kier molecular flexibility index (Phi) is 2.82. The first-order chi connectivity index (χ1) is 6.32. The summed E-state index contributed by atoms with van der Waals surface area (Å²) in [7, 11) is -3.73. The molecule has 0 atom stereocenters. The van der Waals surface area contributed by atoms with Crippen LogP contribution in [-0.2, 0) is 10.0 Å². The van der Waals surface area contributed by atoms with Crippen molar-refractivity contribution >= 4 is 10.0 Å². The van der Waals surface area contributed by atoms with Crippen LogP contribution < -0.4 is 5.14 Å². The molecule has 78 valence electrons. The van der Waals surface area contributed by atoms with E-state index in [1.165, 1.54) is 12.1 Å². The number of phenols is 1. The number of nitrogens with two attached hydrogens (primary N) is 1. The first kappa shape index (κ1) is 11.0. The highest BCUT2D eigenvalue weighted by Crippen LogP contribution is 2.27. The Labute approximate surface area is 83.4 Å². The number of hydrogen-bond donors (Lipinski definition) is 2. The molecule has 3 N–H and O–H groups in total. The first-order valence-corrected chi connectivity index (χ1v) is 5.72. The largest absolute Gasteiger partial charge is 0.508 e. The van der Waals surface area contributed by atoms with Gasteiger partial charge in [0.25, 0.3) is 0 Å². The zero-order valence-electron chi connectivity index (χ0n) is 8.06. The quantitative estimate of drug-likeness (QED) is 0.776. The summed E-state index contributed by atoms with van der Waals surface area (Å²) in [6.07, 6.45) is 0. The van der Waals surface area contributed by atoms with Crippen molar-refractivity contribution in [1.82, 2.24) is 0 Å². The Balaban J connectivity index is 3.27. The molecule has 0 amide bonds. The number of aromatic hydroxyl groups is 1. The summed E-state index contributed by atoms with van der Waals surface area (Å²) in [6.45, 7) is 3.82. The third-order valence-corrected chi connectivity index (χ3v) is 2.86. The summed E-state index contributed by atoms with van der Waals surface area (Å²) in [6, 6.07) is 4.13. The number of benzene rings is 1. The molecule has 0 unspecified atom stereocenters. The van der Waals surface area contributed by atoms with Crippen LogP contribution in [-0.4, -0.2) is 13.5 Å². The molecule has 4 nitrogen and oxygen atoms in total. The zero-order chi connectivity index (χ0) is 10.9. The van der Waals surface area contributed by atoms with E-state index in [9.17, 15) is 13.5 Å². The van der Waals surface area contributed by atoms with Gasteiger partial charge in [0.2, 0.25) is 10.0 Å². The van der Waals surface area contributed by atoms with Crippen LogP contribution in [0.15, 0.2) is 23.1 Å². The SMILES string of the molecule is CC(C)c1ccc(S(N)(=O)=O)cc1O. The molecule has 1 aromatic carbocycles. The van der Waals surface area contributed by atoms with Crippen LogP contribution in [0.3, 0.4) is 0 Å². The molecule has 0 spiro atoms. The van der Waals surface area contributed by atoms with Crippen LogP contribution in [0.4, 0.5) is 0 Å². The van der Waals surface area contributed by atoms with Crippen molar-refractivity contribution in [2.24, 2.45) is 5.14 Å². The Morgan fingerprint density at radius 2 is 1.93 bits per heavy atom. The predicted molar refractivity (Wildman–Crippen MR) is 53.6 cm³/mol. The predicted octanol–water partition coefficient (Wildman–Crippen LogP) is 1.16. The van der Waals surface area contributed by atoms with E-state index in [0.29, 0.717) is 5.56 Å². The highest BCUT2D eigenvalue weighted by Gasteiger charge is 2.12. The van der Waals surface area contributed by atoms with Gasteiger partial charge < -0.3 is 5.11 Å². The van der Waals surface area contributed by atoms with Crippen molar-refractivity contribution in [2.75, 3.05) is 0 Å². The minimum absolute atomic E-state index is 0.0356. The van der Waals surface area contributed by atoms with Gasteiger partial charge in [-0.1, -0.05) is 19.9 Å².